The third-order valence-electron chi connectivity index (χ3n) is 3.72. The maximum absolute atomic E-state index is 12.2. The number of rotatable bonds is 2. The number of alkyl carbamates (subject to hydrolysis) is 1. The van der Waals surface area contributed by atoms with Crippen molar-refractivity contribution in [3.05, 3.63) is 35.9 Å². The maximum Gasteiger partial charge on any atom is 0.417 e. The Hall–Kier alpha value is -2.57. The Morgan fingerprint density at radius 3 is 2.40 bits per heavy atom. The highest BCUT2D eigenvalue weighted by molar-refractivity contribution is 5.96. The Balaban J connectivity index is 1.89. The van der Waals surface area contributed by atoms with Gasteiger partial charge in [-0.1, -0.05) is 18.2 Å². The fourth-order valence-corrected chi connectivity index (χ4v) is 2.55. The first-order chi connectivity index (χ1) is 11.6. The summed E-state index contributed by atoms with van der Waals surface area (Å²) >= 11 is 0. The third-order valence-corrected chi connectivity index (χ3v) is 3.72. The largest absolute Gasteiger partial charge is 0.444 e. The normalized spacial score (nSPS) is 20.1. The Bertz CT molecular complexity index is 653. The second-order valence-corrected chi connectivity index (χ2v) is 7.38. The number of nitrogens with one attached hydrogen (secondary N) is 1. The monoisotopic (exact) mass is 348 g/mol. The molecule has 0 spiro atoms. The molecule has 1 unspecified atom stereocenters. The maximum atomic E-state index is 12.2. The molecule has 1 N–H and O–H groups in total. The fraction of sp³-hybridized carbons (Fsp3) is 0.500. The average Bonchev–Trinajstić information content (AvgIpc) is 2.88. The van der Waals surface area contributed by atoms with Gasteiger partial charge in [-0.25, -0.2) is 14.4 Å². The molecule has 2 rings (SSSR count). The van der Waals surface area contributed by atoms with Crippen LogP contribution in [-0.4, -0.2) is 47.3 Å². The van der Waals surface area contributed by atoms with Crippen molar-refractivity contribution in [2.24, 2.45) is 0 Å². The van der Waals surface area contributed by atoms with Crippen LogP contribution in [0.3, 0.4) is 0 Å². The van der Waals surface area contributed by atoms with Gasteiger partial charge in [0.05, 0.1) is 11.1 Å². The molecule has 25 heavy (non-hydrogen) atoms. The minimum absolute atomic E-state index is 0.243. The van der Waals surface area contributed by atoms with Gasteiger partial charge in [0.1, 0.15) is 5.60 Å². The summed E-state index contributed by atoms with van der Waals surface area (Å²) < 4.78 is 10.1. The number of carbonyl (C=O) groups is 3. The SMILES string of the molecule is CC1(NC(=O)OC(C)(C)C)CCN(C(=O)OC(=O)c2ccccc2)C1. The van der Waals surface area contributed by atoms with Gasteiger partial charge in [-0.05, 0) is 46.2 Å². The summed E-state index contributed by atoms with van der Waals surface area (Å²) in [5.41, 5.74) is -0.915. The molecule has 2 amide bonds. The summed E-state index contributed by atoms with van der Waals surface area (Å²) in [5, 5.41) is 2.79. The number of esters is 1. The summed E-state index contributed by atoms with van der Waals surface area (Å²) in [6.07, 6.45) is -0.713. The zero-order valence-corrected chi connectivity index (χ0v) is 15.0. The van der Waals surface area contributed by atoms with Crippen molar-refractivity contribution in [2.75, 3.05) is 13.1 Å². The first kappa shape index (κ1) is 18.8. The van der Waals surface area contributed by atoms with Crippen LogP contribution in [0, 0.1) is 0 Å². The molecule has 136 valence electrons. The molecule has 7 heteroatoms. The number of hydrogen-bond donors (Lipinski definition) is 1. The quantitative estimate of drug-likeness (QED) is 0.656. The third kappa shape index (κ3) is 5.48. The van der Waals surface area contributed by atoms with E-state index >= 15 is 0 Å². The molecule has 1 atom stereocenters. The van der Waals surface area contributed by atoms with Crippen LogP contribution >= 0.6 is 0 Å². The van der Waals surface area contributed by atoms with E-state index in [0.717, 1.165) is 0 Å². The first-order valence-electron chi connectivity index (χ1n) is 8.15. The lowest BCUT2D eigenvalue weighted by atomic mass is 10.0. The number of benzene rings is 1. The highest BCUT2D eigenvalue weighted by atomic mass is 16.6. The van der Waals surface area contributed by atoms with Gasteiger partial charge < -0.3 is 19.7 Å². The molecule has 1 aliphatic heterocycles. The van der Waals surface area contributed by atoms with Gasteiger partial charge in [-0.3, -0.25) is 0 Å². The molecule has 0 aromatic heterocycles. The summed E-state index contributed by atoms with van der Waals surface area (Å²) in [5.74, 6) is -0.695. The molecular weight excluding hydrogens is 324 g/mol. The van der Waals surface area contributed by atoms with E-state index in [1.54, 1.807) is 51.1 Å². The molecule has 0 aliphatic carbocycles. The lowest BCUT2D eigenvalue weighted by Gasteiger charge is -2.28. The molecule has 0 saturated carbocycles. The van der Waals surface area contributed by atoms with Crippen molar-refractivity contribution in [1.29, 1.82) is 0 Å². The minimum atomic E-state index is -0.719. The zero-order chi connectivity index (χ0) is 18.7. The van der Waals surface area contributed by atoms with Crippen LogP contribution < -0.4 is 5.32 Å². The van der Waals surface area contributed by atoms with Gasteiger partial charge >= 0.3 is 18.2 Å². The van der Waals surface area contributed by atoms with Crippen LogP contribution in [0.1, 0.15) is 44.5 Å². The molecule has 1 aromatic rings. The van der Waals surface area contributed by atoms with Crippen molar-refractivity contribution in [2.45, 2.75) is 45.3 Å². The zero-order valence-electron chi connectivity index (χ0n) is 15.0. The average molecular weight is 348 g/mol. The van der Waals surface area contributed by atoms with Gasteiger partial charge in [0.25, 0.3) is 0 Å². The molecule has 0 radical (unpaired) electrons. The lowest BCUT2D eigenvalue weighted by molar-refractivity contribution is 0.0450. The van der Waals surface area contributed by atoms with Gasteiger partial charge in [-0.15, -0.1) is 0 Å². The Labute approximate surface area is 147 Å². The van der Waals surface area contributed by atoms with E-state index in [1.165, 1.54) is 4.90 Å². The first-order valence-corrected chi connectivity index (χ1v) is 8.15. The smallest absolute Gasteiger partial charge is 0.417 e. The van der Waals surface area contributed by atoms with Crippen molar-refractivity contribution in [1.82, 2.24) is 10.2 Å². The molecule has 0 bridgehead atoms. The van der Waals surface area contributed by atoms with Crippen LogP contribution in [0.25, 0.3) is 0 Å². The standard InChI is InChI=1S/C18H24N2O5/c1-17(2,3)25-15(22)19-18(4)10-11-20(12-18)16(23)24-14(21)13-8-6-5-7-9-13/h5-9H,10-12H2,1-4H3,(H,19,22). The van der Waals surface area contributed by atoms with Crippen LogP contribution in [-0.2, 0) is 9.47 Å². The molecule has 1 aliphatic rings. The summed E-state index contributed by atoms with van der Waals surface area (Å²) in [6.45, 7) is 7.79. The topological polar surface area (TPSA) is 84.9 Å². The van der Waals surface area contributed by atoms with Crippen molar-refractivity contribution in [3.8, 4) is 0 Å². The molecular formula is C18H24N2O5. The number of ether oxygens (including phenoxy) is 2. The highest BCUT2D eigenvalue weighted by Crippen LogP contribution is 2.22. The van der Waals surface area contributed by atoms with Crippen molar-refractivity contribution in [3.63, 3.8) is 0 Å². The summed E-state index contributed by atoms with van der Waals surface area (Å²) in [7, 11) is 0. The summed E-state index contributed by atoms with van der Waals surface area (Å²) in [4.78, 5) is 37.5. The Morgan fingerprint density at radius 2 is 1.80 bits per heavy atom. The van der Waals surface area contributed by atoms with E-state index in [4.69, 9.17) is 9.47 Å². The van der Waals surface area contributed by atoms with Gasteiger partial charge in [0, 0.05) is 13.1 Å². The summed E-state index contributed by atoms with van der Waals surface area (Å²) in [6, 6.07) is 8.31. The van der Waals surface area contributed by atoms with Gasteiger partial charge in [0.2, 0.25) is 0 Å². The molecule has 1 fully saturated rings. The molecule has 1 aromatic carbocycles. The molecule has 1 heterocycles. The lowest BCUT2D eigenvalue weighted by Crippen LogP contribution is -2.50. The van der Waals surface area contributed by atoms with Crippen molar-refractivity contribution < 1.29 is 23.9 Å². The van der Waals surface area contributed by atoms with E-state index in [2.05, 4.69) is 5.32 Å². The highest BCUT2D eigenvalue weighted by Gasteiger charge is 2.39. The van der Waals surface area contributed by atoms with E-state index < -0.39 is 29.3 Å². The number of likely N-dealkylation sites (tertiary alicyclic amines) is 1. The van der Waals surface area contributed by atoms with Gasteiger partial charge in [-0.2, -0.15) is 0 Å². The number of nitrogens with zero attached hydrogens (tertiary/aromatic N) is 1. The molecule has 1 saturated heterocycles. The second-order valence-electron chi connectivity index (χ2n) is 7.38. The number of carbonyl (C=O) groups excluding carboxylic acids is 3. The van der Waals surface area contributed by atoms with Gasteiger partial charge in [0.15, 0.2) is 0 Å². The Kier molecular flexibility index (Phi) is 5.35. The van der Waals surface area contributed by atoms with E-state index in [9.17, 15) is 14.4 Å². The Morgan fingerprint density at radius 1 is 1.16 bits per heavy atom. The molecule has 7 nitrogen and oxygen atoms in total. The van der Waals surface area contributed by atoms with E-state index in [0.29, 0.717) is 18.5 Å². The van der Waals surface area contributed by atoms with Crippen LogP contribution in [0.2, 0.25) is 0 Å². The minimum Gasteiger partial charge on any atom is -0.444 e. The fourth-order valence-electron chi connectivity index (χ4n) is 2.55. The van der Waals surface area contributed by atoms with E-state index in [-0.39, 0.29) is 6.54 Å². The second kappa shape index (κ2) is 7.13. The van der Waals surface area contributed by atoms with Crippen molar-refractivity contribution >= 4 is 18.2 Å². The number of amides is 2. The predicted molar refractivity (Wildman–Crippen MR) is 91.2 cm³/mol. The predicted octanol–water partition coefficient (Wildman–Crippen LogP) is 2.95. The van der Waals surface area contributed by atoms with Crippen LogP contribution in [0.5, 0.6) is 0 Å². The van der Waals surface area contributed by atoms with E-state index in [1.807, 2.05) is 6.92 Å². The van der Waals surface area contributed by atoms with Crippen LogP contribution in [0.4, 0.5) is 9.59 Å². The number of hydrogen-bond acceptors (Lipinski definition) is 5. The van der Waals surface area contributed by atoms with Crippen LogP contribution in [0.15, 0.2) is 30.3 Å².